The number of anilines is 2. The van der Waals surface area contributed by atoms with Crippen LogP contribution in [0.4, 0.5) is 11.5 Å². The monoisotopic (exact) mass is 609 g/mol. The number of nitrogens with one attached hydrogen (secondary N) is 2. The number of hydrogen-bond acceptors (Lipinski definition) is 6. The second kappa shape index (κ2) is 10.5. The fourth-order valence-corrected chi connectivity index (χ4v) is 4.45. The molecule has 3 rings (SSSR count). The molecule has 0 fully saturated rings. The average molecular weight is 610 g/mol. The molecule has 8 nitrogen and oxygen atoms in total. The number of carbonyl (C=O) groups excluding carboxylic acids is 1. The lowest BCUT2D eigenvalue weighted by Crippen LogP contribution is -2.40. The Balaban J connectivity index is 1.92. The lowest BCUT2D eigenvalue weighted by Gasteiger charge is -2.20. The number of amides is 1. The first kappa shape index (κ1) is 27.6. The Kier molecular flexibility index (Phi) is 8.29. The minimum atomic E-state index is -1.20. The summed E-state index contributed by atoms with van der Waals surface area (Å²) < 4.78 is 6.77. The second-order valence-corrected chi connectivity index (χ2v) is 18.9. The zero-order valence-electron chi connectivity index (χ0n) is 21.6. The molecule has 0 radical (unpaired) electrons. The van der Waals surface area contributed by atoms with Gasteiger partial charge in [0.15, 0.2) is 5.65 Å². The zero-order valence-corrected chi connectivity index (χ0v) is 24.7. The molecule has 2 heterocycles. The molecule has 1 atom stereocenters. The maximum Gasteiger partial charge on any atom is 0.255 e. The van der Waals surface area contributed by atoms with E-state index < -0.39 is 11.7 Å². The number of carbonyl (C=O) groups is 1. The summed E-state index contributed by atoms with van der Waals surface area (Å²) in [5.41, 5.74) is 2.68. The number of alkyl halides is 1. The highest BCUT2D eigenvalue weighted by atomic mass is 127. The maximum absolute atomic E-state index is 13.1. The highest BCUT2D eigenvalue weighted by molar-refractivity contribution is 14.1. The van der Waals surface area contributed by atoms with Crippen molar-refractivity contribution in [2.75, 3.05) is 11.9 Å². The van der Waals surface area contributed by atoms with Crippen LogP contribution in [0.15, 0.2) is 36.7 Å². The molecule has 0 spiro atoms. The van der Waals surface area contributed by atoms with Gasteiger partial charge in [0.2, 0.25) is 0 Å². The van der Waals surface area contributed by atoms with Crippen LogP contribution < -0.4 is 10.6 Å². The van der Waals surface area contributed by atoms with Crippen molar-refractivity contribution in [3.05, 3.63) is 47.8 Å². The van der Waals surface area contributed by atoms with Gasteiger partial charge in [0.1, 0.15) is 21.7 Å². The summed E-state index contributed by atoms with van der Waals surface area (Å²) in [6.07, 6.45) is 3.40. The van der Waals surface area contributed by atoms with Gasteiger partial charge >= 0.3 is 0 Å². The van der Waals surface area contributed by atoms with Crippen LogP contribution in [0.5, 0.6) is 0 Å². The van der Waals surface area contributed by atoms with Gasteiger partial charge in [-0.25, -0.2) is 9.97 Å². The molecule has 0 aliphatic carbocycles. The van der Waals surface area contributed by atoms with E-state index in [1.165, 1.54) is 0 Å². The molecule has 1 unspecified atom stereocenters. The summed E-state index contributed by atoms with van der Waals surface area (Å²) in [5, 5.41) is 16.6. The van der Waals surface area contributed by atoms with Gasteiger partial charge in [-0.15, -0.1) is 0 Å². The fourth-order valence-electron chi connectivity index (χ4n) is 3.35. The van der Waals surface area contributed by atoms with E-state index in [1.807, 2.05) is 72.2 Å². The van der Waals surface area contributed by atoms with Gasteiger partial charge < -0.3 is 25.0 Å². The van der Waals surface area contributed by atoms with Crippen molar-refractivity contribution < 1.29 is 14.6 Å². The molecular formula is C25H36IN5O3Si. The van der Waals surface area contributed by atoms with Gasteiger partial charge in [0.05, 0.1) is 11.8 Å². The Hall–Kier alpha value is -2.02. The molecule has 0 bridgehead atoms. The number of rotatable bonds is 9. The zero-order chi connectivity index (χ0) is 26.0. The number of hydrogen-bond donors (Lipinski definition) is 3. The Morgan fingerprint density at radius 1 is 1.23 bits per heavy atom. The summed E-state index contributed by atoms with van der Waals surface area (Å²) in [7, 11) is -1.20. The van der Waals surface area contributed by atoms with Gasteiger partial charge in [-0.05, 0) is 74.0 Å². The minimum absolute atomic E-state index is 0.210. The van der Waals surface area contributed by atoms with Gasteiger partial charge in [-0.1, -0.05) is 31.8 Å². The van der Waals surface area contributed by atoms with Crippen molar-refractivity contribution in [1.29, 1.82) is 0 Å². The van der Waals surface area contributed by atoms with E-state index in [-0.39, 0.29) is 11.4 Å². The normalized spacial score (nSPS) is 14.1. The van der Waals surface area contributed by atoms with E-state index in [9.17, 15) is 9.90 Å². The van der Waals surface area contributed by atoms with E-state index in [0.717, 1.165) is 17.3 Å². The summed E-state index contributed by atoms with van der Waals surface area (Å²) in [6, 6.07) is 8.55. The summed E-state index contributed by atoms with van der Waals surface area (Å²) in [6.45, 7) is 15.5. The topological polar surface area (TPSA) is 101 Å². The van der Waals surface area contributed by atoms with Crippen LogP contribution in [0.25, 0.3) is 11.2 Å². The maximum atomic E-state index is 13.1. The third-order valence-electron chi connectivity index (χ3n) is 5.19. The first-order chi connectivity index (χ1) is 16.1. The molecule has 3 aromatic rings. The van der Waals surface area contributed by atoms with Crippen molar-refractivity contribution in [3.8, 4) is 0 Å². The number of halogens is 1. The van der Waals surface area contributed by atoms with Crippen molar-refractivity contribution in [2.45, 2.75) is 69.3 Å². The molecule has 0 saturated carbocycles. The number of nitrogens with zero attached hydrogens (tertiary/aromatic N) is 3. The van der Waals surface area contributed by atoms with Gasteiger partial charge in [-0.2, -0.15) is 0 Å². The molecule has 10 heteroatoms. The Bertz CT molecular complexity index is 1190. The molecule has 1 amide bonds. The molecular weight excluding hydrogens is 573 g/mol. The minimum Gasteiger partial charge on any atom is -0.376 e. The van der Waals surface area contributed by atoms with Crippen LogP contribution in [-0.4, -0.2) is 45.8 Å². The first-order valence-electron chi connectivity index (χ1n) is 11.7. The Morgan fingerprint density at radius 2 is 1.94 bits per heavy atom. The lowest BCUT2D eigenvalue weighted by molar-refractivity contribution is 0.0886. The van der Waals surface area contributed by atoms with Gasteiger partial charge in [-0.3, -0.25) is 4.79 Å². The molecule has 190 valence electrons. The predicted octanol–water partition coefficient (Wildman–Crippen LogP) is 5.62. The number of aliphatic hydroxyl groups is 1. The van der Waals surface area contributed by atoms with Crippen molar-refractivity contribution in [2.24, 2.45) is 0 Å². The molecule has 1 aromatic carbocycles. The van der Waals surface area contributed by atoms with E-state index in [2.05, 4.69) is 35.3 Å². The smallest absolute Gasteiger partial charge is 0.255 e. The molecule has 0 saturated heterocycles. The highest BCUT2D eigenvalue weighted by Crippen LogP contribution is 2.30. The van der Waals surface area contributed by atoms with Crippen molar-refractivity contribution in [3.63, 3.8) is 0 Å². The standard InChI is InChI=1S/C25H36IN5O3Si/c1-24(2,3)30-23(32)19-15-31(16-34-11-12-35(5,6)7)22-21(19)29-20(14-27-22)28-18-10-8-9-17(13-18)25(4,26)33/h8-10,13-15,33H,11-12,16H2,1-7H3,(H,28,29)(H,30,32). The third-order valence-corrected chi connectivity index (χ3v) is 7.51. The van der Waals surface area contributed by atoms with E-state index in [4.69, 9.17) is 9.72 Å². The number of aromatic nitrogens is 3. The van der Waals surface area contributed by atoms with Crippen LogP contribution >= 0.6 is 22.6 Å². The lowest BCUT2D eigenvalue weighted by atomic mass is 10.1. The predicted molar refractivity (Wildman–Crippen MR) is 152 cm³/mol. The molecule has 3 N–H and O–H groups in total. The number of ether oxygens (including phenoxy) is 1. The van der Waals surface area contributed by atoms with E-state index in [1.54, 1.807) is 19.3 Å². The molecule has 35 heavy (non-hydrogen) atoms. The largest absolute Gasteiger partial charge is 0.376 e. The quantitative estimate of drug-likeness (QED) is 0.126. The van der Waals surface area contributed by atoms with E-state index >= 15 is 0 Å². The van der Waals surface area contributed by atoms with Gasteiger partial charge in [0, 0.05) is 32.1 Å². The second-order valence-electron chi connectivity index (χ2n) is 11.2. The molecule has 0 aliphatic heterocycles. The summed E-state index contributed by atoms with van der Waals surface area (Å²) >= 11 is 1.99. The highest BCUT2D eigenvalue weighted by Gasteiger charge is 2.23. The van der Waals surface area contributed by atoms with Crippen LogP contribution in [0, 0.1) is 0 Å². The molecule has 2 aromatic heterocycles. The van der Waals surface area contributed by atoms with Gasteiger partial charge in [0.25, 0.3) is 5.91 Å². The Labute approximate surface area is 222 Å². The van der Waals surface area contributed by atoms with Crippen LogP contribution in [0.1, 0.15) is 43.6 Å². The third kappa shape index (κ3) is 7.99. The summed E-state index contributed by atoms with van der Waals surface area (Å²) in [5.74, 6) is 0.294. The van der Waals surface area contributed by atoms with Crippen LogP contribution in [0.2, 0.25) is 25.7 Å². The molecule has 0 aliphatic rings. The summed E-state index contributed by atoms with van der Waals surface area (Å²) in [4.78, 5) is 22.4. The number of fused-ring (bicyclic) bond motifs is 1. The number of benzene rings is 1. The van der Waals surface area contributed by atoms with Crippen LogP contribution in [0.3, 0.4) is 0 Å². The van der Waals surface area contributed by atoms with Crippen molar-refractivity contribution >= 4 is 59.2 Å². The van der Waals surface area contributed by atoms with Crippen LogP contribution in [-0.2, 0) is 15.1 Å². The SMILES string of the molecule is CC(C)(C)NC(=O)c1cn(COCC[Si](C)(C)C)c2ncc(Nc3cccc(C(C)(O)I)c3)nc12. The first-order valence-corrected chi connectivity index (χ1v) is 16.5. The Morgan fingerprint density at radius 3 is 2.57 bits per heavy atom. The van der Waals surface area contributed by atoms with E-state index in [0.29, 0.717) is 35.9 Å². The average Bonchev–Trinajstić information content (AvgIpc) is 3.07. The fraction of sp³-hybridized carbons (Fsp3) is 0.480. The van der Waals surface area contributed by atoms with Crippen molar-refractivity contribution in [1.82, 2.24) is 19.9 Å².